The van der Waals surface area contributed by atoms with Crippen molar-refractivity contribution in [2.24, 2.45) is 0 Å². The van der Waals surface area contributed by atoms with Gasteiger partial charge in [-0.05, 0) is 70.0 Å². The molecule has 180 valence electrons. The monoisotopic (exact) mass is 476 g/mol. The number of aromatic amines is 1. The molecule has 0 unspecified atom stereocenters. The largest absolute Gasteiger partial charge is 0.321 e. The second-order valence-corrected chi connectivity index (χ2v) is 9.60. The summed E-state index contributed by atoms with van der Waals surface area (Å²) in [7, 11) is 0. The van der Waals surface area contributed by atoms with Gasteiger partial charge in [-0.2, -0.15) is 0 Å². The first-order valence-electron chi connectivity index (χ1n) is 12.3. The van der Waals surface area contributed by atoms with Gasteiger partial charge < -0.3 is 4.98 Å². The maximum atomic E-state index is 13.6. The number of hydrogen-bond donors (Lipinski definition) is 1. The first kappa shape index (κ1) is 22.4. The van der Waals surface area contributed by atoms with Crippen molar-refractivity contribution < 1.29 is 0 Å². The Hall–Kier alpha value is -4.10. The highest BCUT2D eigenvalue weighted by molar-refractivity contribution is 5.83. The molecule has 0 amide bonds. The molecular formula is C29H28N6O. The molecule has 6 rings (SSSR count). The summed E-state index contributed by atoms with van der Waals surface area (Å²) in [5.74, 6) is 0.673. The van der Waals surface area contributed by atoms with Crippen molar-refractivity contribution in [1.82, 2.24) is 30.1 Å². The Morgan fingerprint density at radius 2 is 1.75 bits per heavy atom. The lowest BCUT2D eigenvalue weighted by atomic mass is 9.95. The van der Waals surface area contributed by atoms with Crippen LogP contribution in [0.4, 0.5) is 0 Å². The van der Waals surface area contributed by atoms with Crippen LogP contribution in [-0.2, 0) is 19.5 Å². The second-order valence-electron chi connectivity index (χ2n) is 9.60. The average Bonchev–Trinajstić information content (AvgIpc) is 3.35. The van der Waals surface area contributed by atoms with Crippen LogP contribution >= 0.6 is 0 Å². The molecule has 1 atom stereocenters. The molecule has 0 radical (unpaired) electrons. The predicted molar refractivity (Wildman–Crippen MR) is 140 cm³/mol. The highest BCUT2D eigenvalue weighted by Gasteiger charge is 2.32. The second kappa shape index (κ2) is 9.17. The van der Waals surface area contributed by atoms with Crippen LogP contribution in [0.25, 0.3) is 10.9 Å². The molecule has 5 aromatic rings. The number of aryl methyl sites for hydroxylation is 2. The number of tetrazole rings is 1. The molecule has 0 aliphatic carbocycles. The smallest absolute Gasteiger partial charge is 0.253 e. The van der Waals surface area contributed by atoms with E-state index in [1.54, 1.807) is 0 Å². The number of benzene rings is 3. The molecule has 2 aromatic heterocycles. The number of nitrogens with one attached hydrogen (secondary N) is 1. The van der Waals surface area contributed by atoms with E-state index < -0.39 is 0 Å². The number of aromatic nitrogens is 5. The van der Waals surface area contributed by atoms with Crippen LogP contribution in [0.15, 0.2) is 77.6 Å². The van der Waals surface area contributed by atoms with Crippen LogP contribution < -0.4 is 5.56 Å². The van der Waals surface area contributed by atoms with Gasteiger partial charge in [-0.1, -0.05) is 66.7 Å². The number of fused-ring (bicyclic) bond motifs is 2. The Bertz CT molecular complexity index is 1600. The van der Waals surface area contributed by atoms with Crippen molar-refractivity contribution in [2.75, 3.05) is 6.54 Å². The number of hydrogen-bond acceptors (Lipinski definition) is 5. The van der Waals surface area contributed by atoms with Gasteiger partial charge in [0.05, 0.1) is 12.1 Å². The molecule has 7 heteroatoms. The van der Waals surface area contributed by atoms with Crippen molar-refractivity contribution in [3.05, 3.63) is 122 Å². The Morgan fingerprint density at radius 1 is 0.972 bits per heavy atom. The van der Waals surface area contributed by atoms with Crippen LogP contribution in [0, 0.1) is 13.8 Å². The van der Waals surface area contributed by atoms with E-state index in [9.17, 15) is 4.79 Å². The Kier molecular flexibility index (Phi) is 5.70. The van der Waals surface area contributed by atoms with E-state index in [0.717, 1.165) is 47.1 Å². The normalized spacial score (nSPS) is 14.6. The first-order valence-corrected chi connectivity index (χ1v) is 12.3. The van der Waals surface area contributed by atoms with Gasteiger partial charge in [0.1, 0.15) is 6.04 Å². The van der Waals surface area contributed by atoms with E-state index in [-0.39, 0.29) is 11.6 Å². The molecule has 0 bridgehead atoms. The lowest BCUT2D eigenvalue weighted by Crippen LogP contribution is -2.38. The van der Waals surface area contributed by atoms with E-state index in [0.29, 0.717) is 17.9 Å². The Labute approximate surface area is 209 Å². The summed E-state index contributed by atoms with van der Waals surface area (Å²) < 4.78 is 1.82. The fourth-order valence-electron chi connectivity index (χ4n) is 5.26. The lowest BCUT2D eigenvalue weighted by molar-refractivity contribution is 0.194. The summed E-state index contributed by atoms with van der Waals surface area (Å²) in [6.07, 6.45) is 0.913. The van der Waals surface area contributed by atoms with Crippen molar-refractivity contribution in [3.63, 3.8) is 0 Å². The number of nitrogens with zero attached hydrogens (tertiary/aromatic N) is 5. The molecule has 7 nitrogen and oxygen atoms in total. The Balaban J connectivity index is 1.49. The fraction of sp³-hybridized carbons (Fsp3) is 0.241. The number of pyridine rings is 1. The van der Waals surface area contributed by atoms with Crippen LogP contribution in [-0.4, -0.2) is 36.6 Å². The molecule has 3 aromatic carbocycles. The van der Waals surface area contributed by atoms with E-state index in [2.05, 4.69) is 80.9 Å². The predicted octanol–water partition coefficient (Wildman–Crippen LogP) is 4.33. The molecule has 3 heterocycles. The molecule has 36 heavy (non-hydrogen) atoms. The molecule has 0 saturated carbocycles. The van der Waals surface area contributed by atoms with Gasteiger partial charge in [0.15, 0.2) is 5.82 Å². The molecule has 1 aliphatic rings. The van der Waals surface area contributed by atoms with Gasteiger partial charge in [-0.25, -0.2) is 4.68 Å². The summed E-state index contributed by atoms with van der Waals surface area (Å²) in [5.41, 5.74) is 7.43. The highest BCUT2D eigenvalue weighted by atomic mass is 16.1. The van der Waals surface area contributed by atoms with Crippen LogP contribution in [0.1, 0.15) is 45.2 Å². The van der Waals surface area contributed by atoms with Gasteiger partial charge in [-0.3, -0.25) is 9.69 Å². The molecule has 0 spiro atoms. The third-order valence-electron chi connectivity index (χ3n) is 7.38. The number of H-pyrrole nitrogens is 1. The van der Waals surface area contributed by atoms with E-state index in [1.807, 2.05) is 35.9 Å². The quantitative estimate of drug-likeness (QED) is 0.409. The van der Waals surface area contributed by atoms with Crippen molar-refractivity contribution in [3.8, 4) is 0 Å². The minimum Gasteiger partial charge on any atom is -0.321 e. The molecule has 0 saturated heterocycles. The summed E-state index contributed by atoms with van der Waals surface area (Å²) in [4.78, 5) is 19.1. The summed E-state index contributed by atoms with van der Waals surface area (Å²) in [5, 5.41) is 13.9. The van der Waals surface area contributed by atoms with Gasteiger partial charge in [0.25, 0.3) is 5.56 Å². The van der Waals surface area contributed by atoms with Crippen LogP contribution in [0.2, 0.25) is 0 Å². The summed E-state index contributed by atoms with van der Waals surface area (Å²) in [6.45, 7) is 6.18. The number of rotatable bonds is 5. The lowest BCUT2D eigenvalue weighted by Gasteiger charge is -2.34. The summed E-state index contributed by atoms with van der Waals surface area (Å²) >= 11 is 0. The third kappa shape index (κ3) is 4.01. The van der Waals surface area contributed by atoms with Gasteiger partial charge in [0, 0.05) is 18.7 Å². The van der Waals surface area contributed by atoms with E-state index in [1.165, 1.54) is 11.1 Å². The highest BCUT2D eigenvalue weighted by Crippen LogP contribution is 2.32. The molecular weight excluding hydrogens is 448 g/mol. The molecule has 1 aliphatic heterocycles. The SMILES string of the molecule is Cc1ccc2cc([C@H](c3nnnn3Cc3ccccc3)N3CCc4ccccc4C3)c(=O)[nH]c2c1C. The fourth-order valence-corrected chi connectivity index (χ4v) is 5.26. The first-order chi connectivity index (χ1) is 17.6. The van der Waals surface area contributed by atoms with Gasteiger partial charge >= 0.3 is 0 Å². The standard InChI is InChI=1S/C29H28N6O/c1-19-12-13-23-16-25(29(36)30-26(23)20(19)2)27(34-15-14-22-10-6-7-11-24(22)18-34)28-31-32-33-35(28)17-21-8-4-3-5-9-21/h3-13,16,27H,14-15,17-18H2,1-2H3,(H,30,36)/t27-/m1/s1. The summed E-state index contributed by atoms with van der Waals surface area (Å²) in [6, 6.07) is 24.5. The molecule has 1 N–H and O–H groups in total. The van der Waals surface area contributed by atoms with Gasteiger partial charge in [-0.15, -0.1) is 5.10 Å². The van der Waals surface area contributed by atoms with E-state index >= 15 is 0 Å². The van der Waals surface area contributed by atoms with Crippen LogP contribution in [0.5, 0.6) is 0 Å². The maximum Gasteiger partial charge on any atom is 0.253 e. The Morgan fingerprint density at radius 3 is 2.58 bits per heavy atom. The van der Waals surface area contributed by atoms with E-state index in [4.69, 9.17) is 0 Å². The average molecular weight is 477 g/mol. The zero-order valence-corrected chi connectivity index (χ0v) is 20.5. The van der Waals surface area contributed by atoms with Crippen molar-refractivity contribution in [2.45, 2.75) is 39.4 Å². The minimum atomic E-state index is -0.383. The zero-order chi connectivity index (χ0) is 24.6. The maximum absolute atomic E-state index is 13.6. The van der Waals surface area contributed by atoms with Crippen molar-refractivity contribution >= 4 is 10.9 Å². The molecule has 0 fully saturated rings. The minimum absolute atomic E-state index is 0.102. The third-order valence-corrected chi connectivity index (χ3v) is 7.38. The van der Waals surface area contributed by atoms with Crippen molar-refractivity contribution in [1.29, 1.82) is 0 Å². The topological polar surface area (TPSA) is 79.7 Å². The van der Waals surface area contributed by atoms with Gasteiger partial charge in [0.2, 0.25) is 0 Å². The van der Waals surface area contributed by atoms with Crippen LogP contribution in [0.3, 0.4) is 0 Å². The zero-order valence-electron chi connectivity index (χ0n) is 20.5.